The molecule has 86 valence electrons. The molecule has 0 radical (unpaired) electrons. The monoisotopic (exact) mass is 200 g/mol. The van der Waals surface area contributed by atoms with Gasteiger partial charge in [-0.1, -0.05) is 58.8 Å². The van der Waals surface area contributed by atoms with Crippen molar-refractivity contribution in [2.75, 3.05) is 0 Å². The molecule has 0 aromatic rings. The first kappa shape index (κ1) is 13.9. The summed E-state index contributed by atoms with van der Waals surface area (Å²) in [7, 11) is 0. The molecule has 0 aromatic carbocycles. The van der Waals surface area contributed by atoms with Crippen molar-refractivity contribution in [3.8, 4) is 0 Å². The van der Waals surface area contributed by atoms with Gasteiger partial charge in [-0.05, 0) is 12.3 Å². The van der Waals surface area contributed by atoms with E-state index < -0.39 is 0 Å². The van der Waals surface area contributed by atoms with E-state index in [2.05, 4.69) is 13.8 Å². The molecule has 1 unspecified atom stereocenters. The lowest BCUT2D eigenvalue weighted by Gasteiger charge is -2.14. The van der Waals surface area contributed by atoms with E-state index in [-0.39, 0.29) is 6.17 Å². The van der Waals surface area contributed by atoms with Crippen molar-refractivity contribution < 1.29 is 0 Å². The van der Waals surface area contributed by atoms with Crippen LogP contribution in [0.15, 0.2) is 0 Å². The number of rotatable bonds is 9. The van der Waals surface area contributed by atoms with Gasteiger partial charge in [-0.3, -0.25) is 0 Å². The van der Waals surface area contributed by atoms with Crippen LogP contribution in [0.3, 0.4) is 0 Å². The van der Waals surface area contributed by atoms with E-state index in [1.54, 1.807) is 0 Å². The lowest BCUT2D eigenvalue weighted by molar-refractivity contribution is 0.412. The van der Waals surface area contributed by atoms with E-state index in [9.17, 15) is 0 Å². The third-order valence-electron chi connectivity index (χ3n) is 2.92. The van der Waals surface area contributed by atoms with Crippen LogP contribution < -0.4 is 11.5 Å². The highest BCUT2D eigenvalue weighted by molar-refractivity contribution is 4.61. The van der Waals surface area contributed by atoms with Crippen molar-refractivity contribution in [2.24, 2.45) is 17.4 Å². The summed E-state index contributed by atoms with van der Waals surface area (Å²) in [5.41, 5.74) is 11.2. The van der Waals surface area contributed by atoms with Gasteiger partial charge in [0.15, 0.2) is 0 Å². The van der Waals surface area contributed by atoms with Gasteiger partial charge in [0, 0.05) is 0 Å². The molecule has 0 bridgehead atoms. The molecule has 0 amide bonds. The summed E-state index contributed by atoms with van der Waals surface area (Å²) in [4.78, 5) is 0. The van der Waals surface area contributed by atoms with Gasteiger partial charge in [0.25, 0.3) is 0 Å². The summed E-state index contributed by atoms with van der Waals surface area (Å²) >= 11 is 0. The third-order valence-corrected chi connectivity index (χ3v) is 2.92. The number of hydrogen-bond donors (Lipinski definition) is 2. The molecule has 0 aliphatic rings. The van der Waals surface area contributed by atoms with E-state index in [1.807, 2.05) is 0 Å². The Bertz CT molecular complexity index is 113. The van der Waals surface area contributed by atoms with Gasteiger partial charge in [-0.25, -0.2) is 0 Å². The minimum Gasteiger partial charge on any atom is -0.316 e. The van der Waals surface area contributed by atoms with Gasteiger partial charge >= 0.3 is 0 Å². The maximum Gasteiger partial charge on any atom is 0.0547 e. The Kier molecular flexibility index (Phi) is 9.42. The second-order valence-corrected chi connectivity index (χ2v) is 4.46. The van der Waals surface area contributed by atoms with Crippen LogP contribution in [0, 0.1) is 5.92 Å². The summed E-state index contributed by atoms with van der Waals surface area (Å²) in [5, 5.41) is 0. The van der Waals surface area contributed by atoms with Crippen molar-refractivity contribution in [3.05, 3.63) is 0 Å². The first-order valence-corrected chi connectivity index (χ1v) is 6.19. The van der Waals surface area contributed by atoms with E-state index in [4.69, 9.17) is 11.5 Å². The highest BCUT2D eigenvalue weighted by Gasteiger charge is 2.06. The molecule has 0 heterocycles. The Balaban J connectivity index is 3.06. The van der Waals surface area contributed by atoms with E-state index in [0.717, 1.165) is 0 Å². The second kappa shape index (κ2) is 9.47. The van der Waals surface area contributed by atoms with Crippen molar-refractivity contribution >= 4 is 0 Å². The molecule has 0 saturated heterocycles. The summed E-state index contributed by atoms with van der Waals surface area (Å²) in [6, 6.07) is 0. The Labute approximate surface area is 89.4 Å². The fourth-order valence-electron chi connectivity index (χ4n) is 1.62. The molecule has 0 saturated carbocycles. The van der Waals surface area contributed by atoms with Crippen LogP contribution in [0.1, 0.15) is 65.2 Å². The highest BCUT2D eigenvalue weighted by Crippen LogP contribution is 2.12. The lowest BCUT2D eigenvalue weighted by Crippen LogP contribution is -2.37. The summed E-state index contributed by atoms with van der Waals surface area (Å²) < 4.78 is 0. The first-order chi connectivity index (χ1) is 6.68. The average molecular weight is 200 g/mol. The minimum atomic E-state index is -0.130. The van der Waals surface area contributed by atoms with Crippen molar-refractivity contribution in [1.82, 2.24) is 0 Å². The molecule has 1 atom stereocenters. The lowest BCUT2D eigenvalue weighted by atomic mass is 10.00. The van der Waals surface area contributed by atoms with Gasteiger partial charge in [-0.15, -0.1) is 0 Å². The van der Waals surface area contributed by atoms with Crippen molar-refractivity contribution in [3.63, 3.8) is 0 Å². The Morgan fingerprint density at radius 1 is 0.857 bits per heavy atom. The molecule has 0 aliphatic heterocycles. The Morgan fingerprint density at radius 2 is 1.36 bits per heavy atom. The van der Waals surface area contributed by atoms with Crippen LogP contribution >= 0.6 is 0 Å². The van der Waals surface area contributed by atoms with E-state index >= 15 is 0 Å². The fourth-order valence-corrected chi connectivity index (χ4v) is 1.62. The van der Waals surface area contributed by atoms with Crippen molar-refractivity contribution in [1.29, 1.82) is 0 Å². The SMILES string of the molecule is CCCCCCCCCC(C)C(N)N. The van der Waals surface area contributed by atoms with Gasteiger partial charge in [0.1, 0.15) is 0 Å². The molecule has 2 heteroatoms. The maximum atomic E-state index is 5.59. The summed E-state index contributed by atoms with van der Waals surface area (Å²) in [6.07, 6.45) is 10.6. The highest BCUT2D eigenvalue weighted by atomic mass is 14.9. The van der Waals surface area contributed by atoms with Crippen LogP contribution in [0.5, 0.6) is 0 Å². The zero-order valence-corrected chi connectivity index (χ0v) is 9.97. The molecule has 0 fully saturated rings. The maximum absolute atomic E-state index is 5.59. The predicted octanol–water partition coefficient (Wildman–Crippen LogP) is 3.01. The van der Waals surface area contributed by atoms with Gasteiger partial charge in [0.2, 0.25) is 0 Å². The molecule has 14 heavy (non-hydrogen) atoms. The largest absolute Gasteiger partial charge is 0.316 e. The van der Waals surface area contributed by atoms with Crippen LogP contribution in [0.25, 0.3) is 0 Å². The smallest absolute Gasteiger partial charge is 0.0547 e. The zero-order chi connectivity index (χ0) is 10.8. The summed E-state index contributed by atoms with van der Waals surface area (Å²) in [6.45, 7) is 4.39. The molecule has 4 N–H and O–H groups in total. The number of hydrogen-bond acceptors (Lipinski definition) is 2. The normalized spacial score (nSPS) is 13.5. The van der Waals surface area contributed by atoms with Crippen LogP contribution in [0.4, 0.5) is 0 Å². The van der Waals surface area contributed by atoms with Crippen LogP contribution in [-0.2, 0) is 0 Å². The topological polar surface area (TPSA) is 52.0 Å². The molecular formula is C12H28N2. The Morgan fingerprint density at radius 3 is 1.86 bits per heavy atom. The molecule has 2 nitrogen and oxygen atoms in total. The average Bonchev–Trinajstić information content (AvgIpc) is 2.16. The van der Waals surface area contributed by atoms with Crippen LogP contribution in [0.2, 0.25) is 0 Å². The number of unbranched alkanes of at least 4 members (excludes halogenated alkanes) is 6. The fraction of sp³-hybridized carbons (Fsp3) is 1.00. The third kappa shape index (κ3) is 8.52. The number of nitrogens with two attached hydrogens (primary N) is 2. The van der Waals surface area contributed by atoms with Gasteiger partial charge in [-0.2, -0.15) is 0 Å². The summed E-state index contributed by atoms with van der Waals surface area (Å²) in [5.74, 6) is 0.477. The molecule has 0 aromatic heterocycles. The molecular weight excluding hydrogens is 172 g/mol. The standard InChI is InChI=1S/C12H28N2/c1-3-4-5-6-7-8-9-10-11(2)12(13)14/h11-12H,3-10,13-14H2,1-2H3. The van der Waals surface area contributed by atoms with E-state index in [1.165, 1.54) is 51.4 Å². The molecule has 0 aliphatic carbocycles. The van der Waals surface area contributed by atoms with Gasteiger partial charge in [0.05, 0.1) is 6.17 Å². The predicted molar refractivity (Wildman–Crippen MR) is 63.9 cm³/mol. The minimum absolute atomic E-state index is 0.130. The van der Waals surface area contributed by atoms with Crippen molar-refractivity contribution in [2.45, 2.75) is 71.4 Å². The first-order valence-electron chi connectivity index (χ1n) is 6.19. The van der Waals surface area contributed by atoms with Gasteiger partial charge < -0.3 is 11.5 Å². The van der Waals surface area contributed by atoms with Crippen LogP contribution in [-0.4, -0.2) is 6.17 Å². The Hall–Kier alpha value is -0.0800. The molecule has 0 spiro atoms. The quantitative estimate of drug-likeness (QED) is 0.444. The van der Waals surface area contributed by atoms with E-state index in [0.29, 0.717) is 5.92 Å². The molecule has 0 rings (SSSR count). The second-order valence-electron chi connectivity index (χ2n) is 4.46. The zero-order valence-electron chi connectivity index (χ0n) is 9.97.